The first kappa shape index (κ1) is 25.3. The Labute approximate surface area is 202 Å². The number of benzene rings is 3. The molecule has 0 saturated heterocycles. The van der Waals surface area contributed by atoms with Gasteiger partial charge in [0.15, 0.2) is 6.61 Å². The van der Waals surface area contributed by atoms with Gasteiger partial charge in [-0.05, 0) is 74.2 Å². The molecule has 0 bridgehead atoms. The van der Waals surface area contributed by atoms with Gasteiger partial charge in [-0.1, -0.05) is 49.7 Å². The van der Waals surface area contributed by atoms with Gasteiger partial charge in [0.05, 0.1) is 10.6 Å². The average Bonchev–Trinajstić information content (AvgIpc) is 2.84. The number of nitrogens with one attached hydrogen (secondary N) is 1. The Morgan fingerprint density at radius 2 is 1.47 bits per heavy atom. The Morgan fingerprint density at radius 1 is 0.882 bits per heavy atom. The Hall–Kier alpha value is -3.32. The van der Waals surface area contributed by atoms with E-state index < -0.39 is 10.0 Å². The number of ether oxygens (including phenoxy) is 1. The van der Waals surface area contributed by atoms with Crippen LogP contribution >= 0.6 is 0 Å². The van der Waals surface area contributed by atoms with Crippen molar-refractivity contribution in [3.05, 3.63) is 83.4 Å². The molecule has 6 nitrogen and oxygen atoms in total. The van der Waals surface area contributed by atoms with Crippen molar-refractivity contribution in [3.63, 3.8) is 0 Å². The molecule has 0 fully saturated rings. The minimum atomic E-state index is -3.68. The lowest BCUT2D eigenvalue weighted by Gasteiger charge is -2.23. The fourth-order valence-corrected chi connectivity index (χ4v) is 5.24. The summed E-state index contributed by atoms with van der Waals surface area (Å²) in [5.41, 5.74) is 4.57. The van der Waals surface area contributed by atoms with Crippen molar-refractivity contribution in [1.82, 2.24) is 0 Å². The van der Waals surface area contributed by atoms with Gasteiger partial charge in [-0.15, -0.1) is 0 Å². The molecule has 0 unspecified atom stereocenters. The zero-order valence-corrected chi connectivity index (χ0v) is 21.0. The summed E-state index contributed by atoms with van der Waals surface area (Å²) in [5.74, 6) is 0.249. The van der Waals surface area contributed by atoms with E-state index in [1.54, 1.807) is 55.5 Å². The standard InChI is InChI=1S/C27H32N2O4S/c1-5-21-9-8-10-22(6-2)27(21)28-26(30)19-33-24-15-13-23(14-16-24)29(7-3)34(31,32)25-17-11-20(4)12-18-25/h8-18H,5-7,19H2,1-4H3,(H,28,30). The van der Waals surface area contributed by atoms with Crippen LogP contribution in [0.4, 0.5) is 11.4 Å². The molecule has 0 heterocycles. The zero-order valence-electron chi connectivity index (χ0n) is 20.2. The third kappa shape index (κ3) is 5.78. The number of carbonyl (C=O) groups excluding carboxylic acids is 1. The molecule has 3 aromatic rings. The smallest absolute Gasteiger partial charge is 0.264 e. The molecule has 180 valence electrons. The van der Waals surface area contributed by atoms with Crippen molar-refractivity contribution in [2.24, 2.45) is 0 Å². The van der Waals surface area contributed by atoms with E-state index in [0.29, 0.717) is 11.4 Å². The number of amides is 1. The van der Waals surface area contributed by atoms with Crippen LogP contribution in [-0.2, 0) is 27.7 Å². The van der Waals surface area contributed by atoms with Crippen molar-refractivity contribution in [2.75, 3.05) is 22.8 Å². The predicted octanol–water partition coefficient (Wildman–Crippen LogP) is 5.35. The molecule has 3 aromatic carbocycles. The predicted molar refractivity (Wildman–Crippen MR) is 137 cm³/mol. The molecule has 1 N–H and O–H groups in total. The van der Waals surface area contributed by atoms with E-state index >= 15 is 0 Å². The molecule has 34 heavy (non-hydrogen) atoms. The van der Waals surface area contributed by atoms with Crippen LogP contribution in [0.1, 0.15) is 37.5 Å². The maximum atomic E-state index is 13.1. The number of carbonyl (C=O) groups is 1. The van der Waals surface area contributed by atoms with Gasteiger partial charge < -0.3 is 10.1 Å². The van der Waals surface area contributed by atoms with Crippen molar-refractivity contribution < 1.29 is 17.9 Å². The van der Waals surface area contributed by atoms with E-state index in [4.69, 9.17) is 4.74 Å². The molecule has 0 aliphatic carbocycles. The van der Waals surface area contributed by atoms with Crippen LogP contribution in [0.5, 0.6) is 5.75 Å². The van der Waals surface area contributed by atoms with Gasteiger partial charge in [-0.3, -0.25) is 9.10 Å². The second kappa shape index (κ2) is 11.2. The monoisotopic (exact) mass is 480 g/mol. The normalized spacial score (nSPS) is 11.2. The fourth-order valence-electron chi connectivity index (χ4n) is 3.76. The maximum absolute atomic E-state index is 13.1. The third-order valence-corrected chi connectivity index (χ3v) is 7.57. The van der Waals surface area contributed by atoms with Gasteiger partial charge in [0, 0.05) is 12.2 Å². The summed E-state index contributed by atoms with van der Waals surface area (Å²) in [7, 11) is -3.68. The molecule has 0 saturated carbocycles. The highest BCUT2D eigenvalue weighted by Crippen LogP contribution is 2.26. The highest BCUT2D eigenvalue weighted by Gasteiger charge is 2.23. The van der Waals surface area contributed by atoms with E-state index in [1.165, 1.54) is 4.31 Å². The van der Waals surface area contributed by atoms with Crippen molar-refractivity contribution in [3.8, 4) is 5.75 Å². The second-order valence-corrected chi connectivity index (χ2v) is 9.83. The summed E-state index contributed by atoms with van der Waals surface area (Å²) in [4.78, 5) is 12.8. The van der Waals surface area contributed by atoms with E-state index in [1.807, 2.05) is 25.1 Å². The zero-order chi connectivity index (χ0) is 24.7. The summed E-state index contributed by atoms with van der Waals surface area (Å²) >= 11 is 0. The molecule has 0 spiro atoms. The van der Waals surface area contributed by atoms with Gasteiger partial charge in [0.1, 0.15) is 5.75 Å². The molecule has 0 aromatic heterocycles. The first-order chi connectivity index (χ1) is 16.3. The average molecular weight is 481 g/mol. The minimum absolute atomic E-state index is 0.139. The van der Waals surface area contributed by atoms with Crippen LogP contribution in [0.25, 0.3) is 0 Å². The number of aryl methyl sites for hydroxylation is 3. The summed E-state index contributed by atoms with van der Waals surface area (Å²) in [6.45, 7) is 7.97. The Bertz CT molecular complexity index is 1200. The molecule has 7 heteroatoms. The van der Waals surface area contributed by atoms with Crippen molar-refractivity contribution in [1.29, 1.82) is 0 Å². The Morgan fingerprint density at radius 3 is 2.00 bits per heavy atom. The van der Waals surface area contributed by atoms with Gasteiger partial charge in [0.2, 0.25) is 0 Å². The van der Waals surface area contributed by atoms with Crippen LogP contribution in [0.15, 0.2) is 71.6 Å². The second-order valence-electron chi connectivity index (χ2n) is 7.97. The SMILES string of the molecule is CCc1cccc(CC)c1NC(=O)COc1ccc(N(CC)S(=O)(=O)c2ccc(C)cc2)cc1. The maximum Gasteiger partial charge on any atom is 0.264 e. The molecular formula is C27H32N2O4S. The lowest BCUT2D eigenvalue weighted by molar-refractivity contribution is -0.118. The first-order valence-corrected chi connectivity index (χ1v) is 13.0. The Kier molecular flexibility index (Phi) is 8.34. The number of hydrogen-bond donors (Lipinski definition) is 1. The van der Waals surface area contributed by atoms with Crippen LogP contribution in [-0.4, -0.2) is 27.5 Å². The number of anilines is 2. The molecule has 0 aliphatic rings. The van der Waals surface area contributed by atoms with Crippen LogP contribution in [0, 0.1) is 6.92 Å². The van der Waals surface area contributed by atoms with Gasteiger partial charge in [-0.25, -0.2) is 8.42 Å². The number of rotatable bonds is 10. The molecule has 0 aliphatic heterocycles. The quantitative estimate of drug-likeness (QED) is 0.424. The first-order valence-electron chi connectivity index (χ1n) is 11.5. The van der Waals surface area contributed by atoms with Gasteiger partial charge >= 0.3 is 0 Å². The minimum Gasteiger partial charge on any atom is -0.484 e. The Balaban J connectivity index is 1.68. The molecular weight excluding hydrogens is 448 g/mol. The van der Waals surface area contributed by atoms with E-state index in [-0.39, 0.29) is 24.0 Å². The molecule has 0 radical (unpaired) electrons. The van der Waals surface area contributed by atoms with E-state index in [9.17, 15) is 13.2 Å². The largest absolute Gasteiger partial charge is 0.484 e. The van der Waals surface area contributed by atoms with Gasteiger partial charge in [0.25, 0.3) is 15.9 Å². The lowest BCUT2D eigenvalue weighted by atomic mass is 10.0. The fraction of sp³-hybridized carbons (Fsp3) is 0.296. The van der Waals surface area contributed by atoms with Crippen LogP contribution in [0.3, 0.4) is 0 Å². The number of para-hydroxylation sites is 1. The number of sulfonamides is 1. The van der Waals surface area contributed by atoms with Crippen LogP contribution < -0.4 is 14.4 Å². The third-order valence-electron chi connectivity index (χ3n) is 5.65. The highest BCUT2D eigenvalue weighted by molar-refractivity contribution is 7.92. The van der Waals surface area contributed by atoms with Crippen molar-refractivity contribution >= 4 is 27.3 Å². The summed E-state index contributed by atoms with van der Waals surface area (Å²) in [5, 5.41) is 2.98. The summed E-state index contributed by atoms with van der Waals surface area (Å²) in [6, 6.07) is 19.5. The number of nitrogens with zero attached hydrogens (tertiary/aromatic N) is 1. The number of hydrogen-bond acceptors (Lipinski definition) is 4. The highest BCUT2D eigenvalue weighted by atomic mass is 32.2. The van der Waals surface area contributed by atoms with Crippen molar-refractivity contribution in [2.45, 2.75) is 45.4 Å². The van der Waals surface area contributed by atoms with Crippen LogP contribution in [0.2, 0.25) is 0 Å². The summed E-state index contributed by atoms with van der Waals surface area (Å²) < 4.78 is 33.2. The molecule has 3 rings (SSSR count). The summed E-state index contributed by atoms with van der Waals surface area (Å²) in [6.07, 6.45) is 1.65. The van der Waals surface area contributed by atoms with Gasteiger partial charge in [-0.2, -0.15) is 0 Å². The van der Waals surface area contributed by atoms with E-state index in [0.717, 1.165) is 35.2 Å². The molecule has 1 amide bonds. The van der Waals surface area contributed by atoms with E-state index in [2.05, 4.69) is 19.2 Å². The topological polar surface area (TPSA) is 75.7 Å². The molecule has 0 atom stereocenters. The lowest BCUT2D eigenvalue weighted by Crippen LogP contribution is -2.30.